The van der Waals surface area contributed by atoms with E-state index in [1.807, 2.05) is 6.92 Å². The highest BCUT2D eigenvalue weighted by Crippen LogP contribution is 2.05. The Morgan fingerprint density at radius 3 is 3.06 bits per heavy atom. The van der Waals surface area contributed by atoms with Crippen LogP contribution in [0.15, 0.2) is 18.9 Å². The number of hydrogen-bond acceptors (Lipinski definition) is 4. The molecular weight excluding hydrogens is 220 g/mol. The zero-order valence-electron chi connectivity index (χ0n) is 9.71. The Morgan fingerprint density at radius 1 is 1.65 bits per heavy atom. The molecule has 17 heavy (non-hydrogen) atoms. The van der Waals surface area contributed by atoms with Crippen LogP contribution in [0.2, 0.25) is 0 Å². The van der Waals surface area contributed by atoms with Crippen LogP contribution < -0.4 is 5.32 Å². The number of rotatable bonds is 4. The molecule has 2 N–H and O–H groups in total. The predicted octanol–water partition coefficient (Wildman–Crippen LogP) is 0.187. The zero-order chi connectivity index (χ0) is 12.3. The van der Waals surface area contributed by atoms with E-state index in [1.54, 1.807) is 13.1 Å². The lowest BCUT2D eigenvalue weighted by Crippen LogP contribution is -2.30. The number of hydrogen-bond donors (Lipinski definition) is 2. The maximum atomic E-state index is 11.8. The number of nitrogens with one attached hydrogen (secondary N) is 2. The number of aromatic nitrogens is 5. The highest BCUT2D eigenvalue weighted by Gasteiger charge is 2.15. The zero-order valence-corrected chi connectivity index (χ0v) is 9.71. The lowest BCUT2D eigenvalue weighted by Gasteiger charge is -2.11. The van der Waals surface area contributed by atoms with Crippen LogP contribution in [-0.2, 0) is 11.3 Å². The van der Waals surface area contributed by atoms with E-state index >= 15 is 0 Å². The van der Waals surface area contributed by atoms with Crippen LogP contribution in [0.1, 0.15) is 24.2 Å². The number of carbonyl (C=O) groups excluding carboxylic acids is 1. The highest BCUT2D eigenvalue weighted by molar-refractivity contribution is 5.79. The van der Waals surface area contributed by atoms with Crippen LogP contribution in [0.4, 0.5) is 0 Å². The molecule has 1 unspecified atom stereocenters. The van der Waals surface area contributed by atoms with Crippen LogP contribution in [-0.4, -0.2) is 30.9 Å². The Morgan fingerprint density at radius 2 is 2.47 bits per heavy atom. The van der Waals surface area contributed by atoms with E-state index < -0.39 is 0 Å². The average Bonchev–Trinajstić information content (AvgIpc) is 2.96. The molecule has 90 valence electrons. The average molecular weight is 234 g/mol. The molecule has 1 atom stereocenters. The second-order valence-electron chi connectivity index (χ2n) is 3.79. The second-order valence-corrected chi connectivity index (χ2v) is 3.79. The number of aromatic amines is 1. The molecule has 2 heterocycles. The molecular formula is C10H14N6O. The summed E-state index contributed by atoms with van der Waals surface area (Å²) < 4.78 is 1.51. The maximum Gasteiger partial charge on any atom is 0.244 e. The van der Waals surface area contributed by atoms with Crippen molar-refractivity contribution in [3.8, 4) is 0 Å². The van der Waals surface area contributed by atoms with Gasteiger partial charge in [-0.15, -0.1) is 0 Å². The standard InChI is InChI=1S/C10H14N6O/c1-7-9(4-13-15-7)3-12-10(17)8(2)16-6-11-5-14-16/h4-6,8H,3H2,1-2H3,(H,12,17)(H,13,15). The van der Waals surface area contributed by atoms with Crippen molar-refractivity contribution in [2.45, 2.75) is 26.4 Å². The smallest absolute Gasteiger partial charge is 0.244 e. The van der Waals surface area contributed by atoms with Crippen molar-refractivity contribution in [1.29, 1.82) is 0 Å². The van der Waals surface area contributed by atoms with Crippen LogP contribution in [0.25, 0.3) is 0 Å². The largest absolute Gasteiger partial charge is 0.350 e. The monoisotopic (exact) mass is 234 g/mol. The molecule has 0 saturated heterocycles. The molecule has 0 fully saturated rings. The molecule has 2 aromatic heterocycles. The SMILES string of the molecule is Cc1[nH]ncc1CNC(=O)C(C)n1cncn1. The fourth-order valence-corrected chi connectivity index (χ4v) is 1.42. The summed E-state index contributed by atoms with van der Waals surface area (Å²) in [5.41, 5.74) is 1.93. The Kier molecular flexibility index (Phi) is 3.17. The molecule has 1 amide bonds. The summed E-state index contributed by atoms with van der Waals surface area (Å²) in [7, 11) is 0. The Balaban J connectivity index is 1.92. The van der Waals surface area contributed by atoms with E-state index in [4.69, 9.17) is 0 Å². The lowest BCUT2D eigenvalue weighted by molar-refractivity contribution is -0.124. The summed E-state index contributed by atoms with van der Waals surface area (Å²) in [5, 5.41) is 13.5. The van der Waals surface area contributed by atoms with Gasteiger partial charge in [-0.05, 0) is 13.8 Å². The van der Waals surface area contributed by atoms with Gasteiger partial charge >= 0.3 is 0 Å². The quantitative estimate of drug-likeness (QED) is 0.790. The Labute approximate surface area is 98.2 Å². The molecule has 2 rings (SSSR count). The minimum Gasteiger partial charge on any atom is -0.350 e. The second kappa shape index (κ2) is 4.77. The minimum atomic E-state index is -0.371. The number of carbonyl (C=O) groups is 1. The molecule has 0 aliphatic carbocycles. The van der Waals surface area contributed by atoms with Gasteiger partial charge in [0, 0.05) is 17.8 Å². The van der Waals surface area contributed by atoms with Crippen molar-refractivity contribution in [2.24, 2.45) is 0 Å². The van der Waals surface area contributed by atoms with E-state index in [2.05, 4.69) is 25.6 Å². The third-order valence-corrected chi connectivity index (χ3v) is 2.60. The number of nitrogens with zero attached hydrogens (tertiary/aromatic N) is 4. The lowest BCUT2D eigenvalue weighted by atomic mass is 10.2. The minimum absolute atomic E-state index is 0.101. The van der Waals surface area contributed by atoms with Crippen molar-refractivity contribution < 1.29 is 4.79 Å². The van der Waals surface area contributed by atoms with E-state index in [-0.39, 0.29) is 11.9 Å². The summed E-state index contributed by atoms with van der Waals surface area (Å²) >= 11 is 0. The molecule has 2 aromatic rings. The third kappa shape index (κ3) is 2.49. The molecule has 7 nitrogen and oxygen atoms in total. The van der Waals surface area contributed by atoms with Gasteiger partial charge in [0.05, 0.1) is 6.20 Å². The Bertz CT molecular complexity index is 489. The third-order valence-electron chi connectivity index (χ3n) is 2.60. The normalized spacial score (nSPS) is 12.4. The summed E-state index contributed by atoms with van der Waals surface area (Å²) in [4.78, 5) is 15.6. The predicted molar refractivity (Wildman–Crippen MR) is 59.9 cm³/mol. The molecule has 0 radical (unpaired) electrons. The first-order valence-electron chi connectivity index (χ1n) is 5.29. The van der Waals surface area contributed by atoms with Crippen molar-refractivity contribution in [3.05, 3.63) is 30.1 Å². The molecule has 0 aliphatic heterocycles. The molecule has 0 saturated carbocycles. The first-order chi connectivity index (χ1) is 8.18. The number of amides is 1. The van der Waals surface area contributed by atoms with Crippen LogP contribution >= 0.6 is 0 Å². The molecule has 0 spiro atoms. The summed E-state index contributed by atoms with van der Waals surface area (Å²) in [5.74, 6) is -0.101. The first kappa shape index (κ1) is 11.3. The van der Waals surface area contributed by atoms with Gasteiger partial charge in [-0.1, -0.05) is 0 Å². The van der Waals surface area contributed by atoms with Crippen molar-refractivity contribution >= 4 is 5.91 Å². The van der Waals surface area contributed by atoms with E-state index in [0.717, 1.165) is 11.3 Å². The van der Waals surface area contributed by atoms with Gasteiger partial charge in [-0.2, -0.15) is 10.2 Å². The van der Waals surface area contributed by atoms with Crippen molar-refractivity contribution in [3.63, 3.8) is 0 Å². The van der Waals surface area contributed by atoms with Gasteiger partial charge in [-0.25, -0.2) is 9.67 Å². The van der Waals surface area contributed by atoms with Crippen LogP contribution in [0.5, 0.6) is 0 Å². The fourth-order valence-electron chi connectivity index (χ4n) is 1.42. The molecule has 0 aromatic carbocycles. The van der Waals surface area contributed by atoms with Gasteiger partial charge in [0.15, 0.2) is 0 Å². The van der Waals surface area contributed by atoms with Gasteiger partial charge in [0.1, 0.15) is 18.7 Å². The fraction of sp³-hybridized carbons (Fsp3) is 0.400. The van der Waals surface area contributed by atoms with Gasteiger partial charge in [0.25, 0.3) is 0 Å². The first-order valence-corrected chi connectivity index (χ1v) is 5.29. The summed E-state index contributed by atoms with van der Waals surface area (Å²) in [6.45, 7) is 4.14. The topological polar surface area (TPSA) is 88.5 Å². The van der Waals surface area contributed by atoms with Gasteiger partial charge in [-0.3, -0.25) is 9.89 Å². The van der Waals surface area contributed by atoms with E-state index in [9.17, 15) is 4.79 Å². The van der Waals surface area contributed by atoms with E-state index in [1.165, 1.54) is 17.3 Å². The number of aryl methyl sites for hydroxylation is 1. The van der Waals surface area contributed by atoms with Crippen LogP contribution in [0.3, 0.4) is 0 Å². The van der Waals surface area contributed by atoms with Crippen molar-refractivity contribution in [2.75, 3.05) is 0 Å². The molecule has 0 bridgehead atoms. The Hall–Kier alpha value is -2.18. The summed E-state index contributed by atoms with van der Waals surface area (Å²) in [6.07, 6.45) is 4.63. The van der Waals surface area contributed by atoms with Crippen LogP contribution in [0, 0.1) is 6.92 Å². The van der Waals surface area contributed by atoms with E-state index in [0.29, 0.717) is 6.54 Å². The highest BCUT2D eigenvalue weighted by atomic mass is 16.2. The van der Waals surface area contributed by atoms with Gasteiger partial charge in [0.2, 0.25) is 5.91 Å². The number of H-pyrrole nitrogens is 1. The maximum absolute atomic E-state index is 11.8. The van der Waals surface area contributed by atoms with Crippen molar-refractivity contribution in [1.82, 2.24) is 30.3 Å². The van der Waals surface area contributed by atoms with Gasteiger partial charge < -0.3 is 5.32 Å². The molecule has 0 aliphatic rings. The molecule has 7 heteroatoms. The summed E-state index contributed by atoms with van der Waals surface area (Å²) in [6, 6.07) is -0.371.